The van der Waals surface area contributed by atoms with Crippen molar-refractivity contribution in [3.05, 3.63) is 78.5 Å². The molecule has 0 radical (unpaired) electrons. The molecule has 1 saturated heterocycles. The first-order chi connectivity index (χ1) is 17.1. The molecule has 2 amide bonds. The molecule has 0 spiro atoms. The standard InChI is InChI=1S/C27H27FN4O3/c1-34-20-9-5-7-18(15-20)25-24-16-21(35-2)12-14-32(24)26(30-25)19-8-6-13-31(17-19)27(33)29-23-11-4-3-10-22(23)28/h3-5,7,9-12,14-16,19H,6,8,13,17H2,1-2H3,(H,29,33). The van der Waals surface area contributed by atoms with Gasteiger partial charge in [-0.25, -0.2) is 14.2 Å². The minimum absolute atomic E-state index is 0.0235. The molecule has 7 nitrogen and oxygen atoms in total. The number of pyridine rings is 1. The van der Waals surface area contributed by atoms with Gasteiger partial charge < -0.3 is 24.1 Å². The first-order valence-electron chi connectivity index (χ1n) is 11.6. The van der Waals surface area contributed by atoms with Crippen LogP contribution in [0.2, 0.25) is 0 Å². The Morgan fingerprint density at radius 1 is 1.06 bits per heavy atom. The van der Waals surface area contributed by atoms with Crippen LogP contribution < -0.4 is 14.8 Å². The first kappa shape index (κ1) is 22.7. The van der Waals surface area contributed by atoms with Crippen LogP contribution in [0.25, 0.3) is 16.8 Å². The molecule has 4 aromatic rings. The van der Waals surface area contributed by atoms with Crippen molar-refractivity contribution in [1.29, 1.82) is 0 Å². The van der Waals surface area contributed by atoms with Crippen molar-refractivity contribution in [2.45, 2.75) is 18.8 Å². The number of carbonyl (C=O) groups is 1. The van der Waals surface area contributed by atoms with Gasteiger partial charge in [0.25, 0.3) is 0 Å². The van der Waals surface area contributed by atoms with Crippen molar-refractivity contribution < 1.29 is 18.7 Å². The van der Waals surface area contributed by atoms with Crippen LogP contribution in [-0.4, -0.2) is 47.6 Å². The third-order valence-electron chi connectivity index (χ3n) is 6.41. The number of likely N-dealkylation sites (tertiary alicyclic amines) is 1. The van der Waals surface area contributed by atoms with Gasteiger partial charge in [0.05, 0.1) is 31.1 Å². The summed E-state index contributed by atoms with van der Waals surface area (Å²) >= 11 is 0. The lowest BCUT2D eigenvalue weighted by molar-refractivity contribution is 0.191. The number of imidazole rings is 1. The van der Waals surface area contributed by atoms with E-state index in [0.29, 0.717) is 13.1 Å². The molecule has 2 aromatic heterocycles. The number of urea groups is 1. The number of hydrogen-bond donors (Lipinski definition) is 1. The van der Waals surface area contributed by atoms with E-state index < -0.39 is 5.82 Å². The highest BCUT2D eigenvalue weighted by molar-refractivity contribution is 5.89. The number of benzene rings is 2. The second-order valence-corrected chi connectivity index (χ2v) is 8.57. The summed E-state index contributed by atoms with van der Waals surface area (Å²) in [5.74, 6) is 1.94. The zero-order chi connectivity index (χ0) is 24.4. The molecule has 180 valence electrons. The molecule has 0 bridgehead atoms. The molecule has 1 atom stereocenters. The highest BCUT2D eigenvalue weighted by atomic mass is 19.1. The number of carbonyl (C=O) groups excluding carboxylic acids is 1. The predicted octanol–water partition coefficient (Wildman–Crippen LogP) is 5.57. The minimum atomic E-state index is -0.453. The molecule has 1 aliphatic rings. The third-order valence-corrected chi connectivity index (χ3v) is 6.41. The Kier molecular flexibility index (Phi) is 6.27. The molecule has 0 aliphatic carbocycles. The molecule has 3 heterocycles. The van der Waals surface area contributed by atoms with E-state index in [2.05, 4.69) is 9.72 Å². The number of anilines is 1. The molecule has 1 N–H and O–H groups in total. The number of nitrogens with zero attached hydrogens (tertiary/aromatic N) is 3. The maximum absolute atomic E-state index is 14.0. The van der Waals surface area contributed by atoms with Gasteiger partial charge >= 0.3 is 6.03 Å². The maximum Gasteiger partial charge on any atom is 0.321 e. The van der Waals surface area contributed by atoms with Gasteiger partial charge in [-0.05, 0) is 43.2 Å². The Bertz CT molecular complexity index is 1370. The normalized spacial score (nSPS) is 15.7. The van der Waals surface area contributed by atoms with Crippen LogP contribution >= 0.6 is 0 Å². The second-order valence-electron chi connectivity index (χ2n) is 8.57. The summed E-state index contributed by atoms with van der Waals surface area (Å²) in [4.78, 5) is 19.7. The molecule has 35 heavy (non-hydrogen) atoms. The van der Waals surface area contributed by atoms with Gasteiger partial charge in [0.1, 0.15) is 23.1 Å². The summed E-state index contributed by atoms with van der Waals surface area (Å²) in [7, 11) is 3.28. The average molecular weight is 475 g/mol. The topological polar surface area (TPSA) is 68.1 Å². The molecule has 5 rings (SSSR count). The number of hydrogen-bond acceptors (Lipinski definition) is 4. The SMILES string of the molecule is COc1cccc(-c2nc(C3CCCN(C(=O)Nc4ccccc4F)C3)n3ccc(OC)cc23)c1. The summed E-state index contributed by atoms with van der Waals surface area (Å²) in [6.07, 6.45) is 3.68. The second kappa shape index (κ2) is 9.66. The number of aromatic nitrogens is 2. The van der Waals surface area contributed by atoms with Crippen LogP contribution in [-0.2, 0) is 0 Å². The number of fused-ring (bicyclic) bond motifs is 1. The summed E-state index contributed by atoms with van der Waals surface area (Å²) in [5, 5.41) is 2.70. The highest BCUT2D eigenvalue weighted by Crippen LogP contribution is 2.34. The number of amides is 2. The van der Waals surface area contributed by atoms with Gasteiger partial charge in [0.15, 0.2) is 0 Å². The van der Waals surface area contributed by atoms with Crippen molar-refractivity contribution in [1.82, 2.24) is 14.3 Å². The van der Waals surface area contributed by atoms with E-state index in [1.165, 1.54) is 6.07 Å². The minimum Gasteiger partial charge on any atom is -0.497 e. The number of nitrogens with one attached hydrogen (secondary N) is 1. The van der Waals surface area contributed by atoms with Crippen LogP contribution in [0.1, 0.15) is 24.6 Å². The molecule has 1 aliphatic heterocycles. The number of methoxy groups -OCH3 is 2. The lowest BCUT2D eigenvalue weighted by atomic mass is 9.97. The van der Waals surface area contributed by atoms with Crippen LogP contribution in [0, 0.1) is 5.82 Å². The molecule has 2 aromatic carbocycles. The van der Waals surface area contributed by atoms with Gasteiger partial charge in [0, 0.05) is 36.8 Å². The maximum atomic E-state index is 14.0. The van der Waals surface area contributed by atoms with Crippen molar-refractivity contribution in [2.24, 2.45) is 0 Å². The average Bonchev–Trinajstić information content (AvgIpc) is 3.29. The quantitative estimate of drug-likeness (QED) is 0.411. The van der Waals surface area contributed by atoms with Crippen LogP contribution in [0.5, 0.6) is 11.5 Å². The number of piperidine rings is 1. The van der Waals surface area contributed by atoms with Crippen LogP contribution in [0.3, 0.4) is 0 Å². The fourth-order valence-corrected chi connectivity index (χ4v) is 4.62. The molecule has 1 fully saturated rings. The Balaban J connectivity index is 1.48. The molecular formula is C27H27FN4O3. The van der Waals surface area contributed by atoms with Gasteiger partial charge in [-0.2, -0.15) is 0 Å². The van der Waals surface area contributed by atoms with Crippen molar-refractivity contribution in [3.8, 4) is 22.8 Å². The van der Waals surface area contributed by atoms with Gasteiger partial charge in [-0.3, -0.25) is 0 Å². The molecule has 8 heteroatoms. The Morgan fingerprint density at radius 2 is 1.86 bits per heavy atom. The summed E-state index contributed by atoms with van der Waals surface area (Å²) in [5.41, 5.74) is 2.86. The molecule has 1 unspecified atom stereocenters. The van der Waals surface area contributed by atoms with Crippen molar-refractivity contribution in [2.75, 3.05) is 32.6 Å². The Labute approximate surface area is 203 Å². The monoisotopic (exact) mass is 474 g/mol. The first-order valence-corrected chi connectivity index (χ1v) is 11.6. The van der Waals surface area contributed by atoms with Crippen LogP contribution in [0.15, 0.2) is 66.9 Å². The van der Waals surface area contributed by atoms with Crippen LogP contribution in [0.4, 0.5) is 14.9 Å². The summed E-state index contributed by atoms with van der Waals surface area (Å²) in [6, 6.07) is 17.5. The van der Waals surface area contributed by atoms with E-state index in [9.17, 15) is 9.18 Å². The zero-order valence-corrected chi connectivity index (χ0v) is 19.7. The van der Waals surface area contributed by atoms with Gasteiger partial charge in [-0.1, -0.05) is 24.3 Å². The number of halogens is 1. The smallest absolute Gasteiger partial charge is 0.321 e. The van der Waals surface area contributed by atoms with E-state index in [1.54, 1.807) is 37.3 Å². The van der Waals surface area contributed by atoms with Crippen molar-refractivity contribution in [3.63, 3.8) is 0 Å². The summed E-state index contributed by atoms with van der Waals surface area (Å²) in [6.45, 7) is 1.10. The zero-order valence-electron chi connectivity index (χ0n) is 19.7. The fourth-order valence-electron chi connectivity index (χ4n) is 4.62. The largest absolute Gasteiger partial charge is 0.497 e. The molecule has 0 saturated carbocycles. The Hall–Kier alpha value is -4.07. The Morgan fingerprint density at radius 3 is 2.66 bits per heavy atom. The number of para-hydroxylation sites is 1. The van der Waals surface area contributed by atoms with E-state index in [4.69, 9.17) is 14.5 Å². The number of rotatable bonds is 5. The third kappa shape index (κ3) is 4.51. The molecular weight excluding hydrogens is 447 g/mol. The highest BCUT2D eigenvalue weighted by Gasteiger charge is 2.29. The van der Waals surface area contributed by atoms with Gasteiger partial charge in [0.2, 0.25) is 0 Å². The number of ether oxygens (including phenoxy) is 2. The van der Waals surface area contributed by atoms with E-state index >= 15 is 0 Å². The summed E-state index contributed by atoms with van der Waals surface area (Å²) < 4.78 is 27.0. The van der Waals surface area contributed by atoms with E-state index in [0.717, 1.165) is 46.9 Å². The van der Waals surface area contributed by atoms with E-state index in [1.807, 2.05) is 42.6 Å². The lowest BCUT2D eigenvalue weighted by Crippen LogP contribution is -2.42. The van der Waals surface area contributed by atoms with E-state index in [-0.39, 0.29) is 17.6 Å². The van der Waals surface area contributed by atoms with Crippen molar-refractivity contribution >= 4 is 17.2 Å². The predicted molar refractivity (Wildman–Crippen MR) is 133 cm³/mol. The fraction of sp³-hybridized carbons (Fsp3) is 0.259. The van der Waals surface area contributed by atoms with Gasteiger partial charge in [-0.15, -0.1) is 0 Å². The lowest BCUT2D eigenvalue weighted by Gasteiger charge is -2.32.